The minimum Gasteiger partial charge on any atom is -0.493 e. The number of ether oxygens (including phenoxy) is 3. The lowest BCUT2D eigenvalue weighted by Gasteiger charge is -2.44. The van der Waals surface area contributed by atoms with E-state index in [4.69, 9.17) is 18.7 Å². The van der Waals surface area contributed by atoms with E-state index in [0.29, 0.717) is 40.5 Å². The van der Waals surface area contributed by atoms with Gasteiger partial charge in [0.15, 0.2) is 35.9 Å². The number of aliphatic hydroxyl groups is 1. The molecule has 1 aromatic heterocycles. The van der Waals surface area contributed by atoms with E-state index in [1.165, 1.54) is 76.8 Å². The molecule has 0 spiro atoms. The smallest absolute Gasteiger partial charge is 0.186 e. The second-order valence-electron chi connectivity index (χ2n) is 15.2. The third kappa shape index (κ3) is 11.5. The van der Waals surface area contributed by atoms with Crippen LogP contribution in [-0.2, 0) is 4.74 Å². The number of carbonyl (C=O) groups is 1. The van der Waals surface area contributed by atoms with E-state index in [1.807, 2.05) is 0 Å². The molecule has 1 saturated heterocycles. The number of ketones is 1. The third-order valence-electron chi connectivity index (χ3n) is 10.7. The molecule has 278 valence electrons. The van der Waals surface area contributed by atoms with Gasteiger partial charge in [-0.1, -0.05) is 90.1 Å². The van der Waals surface area contributed by atoms with Crippen molar-refractivity contribution >= 4 is 16.8 Å². The topological polar surface area (TPSA) is 91.0 Å². The summed E-state index contributed by atoms with van der Waals surface area (Å²) in [6, 6.07) is 9.87. The number of fused-ring (bicyclic) bond motifs is 1. The third-order valence-corrected chi connectivity index (χ3v) is 10.7. The van der Waals surface area contributed by atoms with Gasteiger partial charge in [-0.2, -0.15) is 0 Å². The molecule has 0 saturated carbocycles. The molecule has 1 aliphatic rings. The Kier molecular flexibility index (Phi) is 15.6. The molecule has 1 fully saturated rings. The maximum atomic E-state index is 13.8. The van der Waals surface area contributed by atoms with Crippen LogP contribution in [0.2, 0.25) is 0 Å². The van der Waals surface area contributed by atoms with Crippen molar-refractivity contribution in [1.29, 1.82) is 0 Å². The van der Waals surface area contributed by atoms with Gasteiger partial charge in [0.05, 0.1) is 39.0 Å². The number of benzene rings is 2. The highest BCUT2D eigenvalue weighted by Crippen LogP contribution is 2.37. The van der Waals surface area contributed by atoms with E-state index in [2.05, 4.69) is 25.9 Å². The highest BCUT2D eigenvalue weighted by atomic mass is 19.1. The van der Waals surface area contributed by atoms with Crippen LogP contribution >= 0.6 is 0 Å². The monoisotopic (exact) mass is 697 g/mol. The molecule has 2 aromatic carbocycles. The number of aromatic nitrogens is 1. The van der Waals surface area contributed by atoms with Crippen molar-refractivity contribution in [1.82, 2.24) is 5.16 Å². The van der Waals surface area contributed by atoms with Crippen LogP contribution in [0.4, 0.5) is 4.39 Å². The Morgan fingerprint density at radius 2 is 1.66 bits per heavy atom. The Hall–Kier alpha value is -3.01. The van der Waals surface area contributed by atoms with Crippen molar-refractivity contribution in [2.24, 2.45) is 5.41 Å². The number of unbranched alkanes of at least 4 members (excludes halogenated alkanes) is 9. The van der Waals surface area contributed by atoms with Crippen LogP contribution in [0.1, 0.15) is 140 Å². The van der Waals surface area contributed by atoms with Gasteiger partial charge in [-0.25, -0.2) is 4.39 Å². The van der Waals surface area contributed by atoms with Gasteiger partial charge in [0.25, 0.3) is 0 Å². The molecule has 1 unspecified atom stereocenters. The normalized spacial score (nSPS) is 18.7. The highest BCUT2D eigenvalue weighted by molar-refractivity contribution is 5.94. The first-order valence-electron chi connectivity index (χ1n) is 19.1. The number of hydrogen-bond acceptors (Lipinski definition) is 7. The zero-order valence-corrected chi connectivity index (χ0v) is 31.3. The fourth-order valence-corrected chi connectivity index (χ4v) is 7.27. The zero-order valence-electron chi connectivity index (χ0n) is 31.3. The molecular formula is C41H62FN2O6+. The van der Waals surface area contributed by atoms with Crippen LogP contribution < -0.4 is 9.47 Å². The van der Waals surface area contributed by atoms with Gasteiger partial charge in [0.2, 0.25) is 0 Å². The molecule has 0 radical (unpaired) electrons. The van der Waals surface area contributed by atoms with E-state index in [0.717, 1.165) is 62.8 Å². The fraction of sp³-hybridized carbons (Fsp3) is 0.659. The van der Waals surface area contributed by atoms with Crippen LogP contribution in [-0.4, -0.2) is 66.9 Å². The number of aliphatic hydroxyl groups excluding tert-OH is 1. The summed E-state index contributed by atoms with van der Waals surface area (Å²) in [6.07, 6.45) is 15.5. The van der Waals surface area contributed by atoms with Crippen LogP contribution in [0, 0.1) is 11.2 Å². The van der Waals surface area contributed by atoms with Crippen molar-refractivity contribution in [2.45, 2.75) is 130 Å². The molecule has 3 aromatic rings. The van der Waals surface area contributed by atoms with E-state index in [-0.39, 0.29) is 22.9 Å². The average Bonchev–Trinajstić information content (AvgIpc) is 3.53. The van der Waals surface area contributed by atoms with Crippen LogP contribution in [0.3, 0.4) is 0 Å². The molecule has 0 bridgehead atoms. The standard InChI is InChI=1S/C41H62FN2O6/c1-6-7-8-9-10-11-12-13-14-15-23-41(3,4)40(46)49-30-44(24-16-27-48-36-20-17-33(31(2)45)28-38(36)47-5)25-21-32(22-26-44)39-35-19-18-34(42)29-37(35)50-43-39/h17-20,28-29,32,40,46H,6-16,21-27,30H2,1-5H3/q+1. The number of rotatable bonds is 23. The van der Waals surface area contributed by atoms with Gasteiger partial charge in [-0.15, -0.1) is 0 Å². The largest absolute Gasteiger partial charge is 0.493 e. The molecule has 9 heteroatoms. The van der Waals surface area contributed by atoms with Crippen molar-refractivity contribution in [2.75, 3.05) is 40.1 Å². The first kappa shape index (κ1) is 39.8. The quantitative estimate of drug-likeness (QED) is 0.0457. The number of nitrogens with zero attached hydrogens (tertiary/aromatic N) is 2. The Morgan fingerprint density at radius 1 is 0.980 bits per heavy atom. The predicted molar refractivity (Wildman–Crippen MR) is 196 cm³/mol. The van der Waals surface area contributed by atoms with Gasteiger partial charge in [-0.05, 0) is 43.7 Å². The van der Waals surface area contributed by atoms with Gasteiger partial charge in [0, 0.05) is 47.6 Å². The predicted octanol–water partition coefficient (Wildman–Crippen LogP) is 9.97. The summed E-state index contributed by atoms with van der Waals surface area (Å²) in [5, 5.41) is 16.5. The van der Waals surface area contributed by atoms with Crippen molar-refractivity contribution in [3.8, 4) is 11.5 Å². The molecular weight excluding hydrogens is 635 g/mol. The Morgan fingerprint density at radius 3 is 2.32 bits per heavy atom. The average molecular weight is 698 g/mol. The summed E-state index contributed by atoms with van der Waals surface area (Å²) < 4.78 is 38.0. The minimum atomic E-state index is -0.858. The zero-order chi connectivity index (χ0) is 36.0. The van der Waals surface area contributed by atoms with E-state index < -0.39 is 6.29 Å². The van der Waals surface area contributed by atoms with Crippen molar-refractivity contribution in [3.05, 3.63) is 53.5 Å². The molecule has 1 aliphatic heterocycles. The molecule has 4 rings (SSSR count). The van der Waals surface area contributed by atoms with Crippen LogP contribution in [0.25, 0.3) is 11.0 Å². The lowest BCUT2D eigenvalue weighted by Crippen LogP contribution is -2.56. The summed E-state index contributed by atoms with van der Waals surface area (Å²) >= 11 is 0. The maximum Gasteiger partial charge on any atom is 0.186 e. The first-order chi connectivity index (χ1) is 24.1. The number of carbonyl (C=O) groups excluding carboxylic acids is 1. The van der Waals surface area contributed by atoms with Crippen molar-refractivity contribution in [3.63, 3.8) is 0 Å². The summed E-state index contributed by atoms with van der Waals surface area (Å²) in [5.74, 6) is 0.993. The number of hydrogen-bond donors (Lipinski definition) is 1. The van der Waals surface area contributed by atoms with Gasteiger partial charge in [-0.3, -0.25) is 4.79 Å². The molecule has 8 nitrogen and oxygen atoms in total. The summed E-state index contributed by atoms with van der Waals surface area (Å²) in [7, 11) is 1.58. The summed E-state index contributed by atoms with van der Waals surface area (Å²) in [4.78, 5) is 11.8. The van der Waals surface area contributed by atoms with Crippen LogP contribution in [0.5, 0.6) is 11.5 Å². The van der Waals surface area contributed by atoms with E-state index in [9.17, 15) is 14.3 Å². The molecule has 50 heavy (non-hydrogen) atoms. The van der Waals surface area contributed by atoms with Gasteiger partial charge >= 0.3 is 0 Å². The molecule has 1 atom stereocenters. The lowest BCUT2D eigenvalue weighted by molar-refractivity contribution is -0.952. The number of likely N-dealkylation sites (tertiary alicyclic amines) is 1. The molecule has 2 heterocycles. The lowest BCUT2D eigenvalue weighted by atomic mass is 9.86. The molecule has 1 N–H and O–H groups in total. The number of quaternary nitrogens is 1. The minimum absolute atomic E-state index is 0.0238. The Labute approximate surface area is 299 Å². The van der Waals surface area contributed by atoms with Gasteiger partial charge < -0.3 is 28.3 Å². The second-order valence-corrected chi connectivity index (χ2v) is 15.2. The number of halogens is 1. The molecule has 0 aliphatic carbocycles. The van der Waals surface area contributed by atoms with E-state index >= 15 is 0 Å². The highest BCUT2D eigenvalue weighted by Gasteiger charge is 2.38. The Bertz CT molecular complexity index is 1460. The maximum absolute atomic E-state index is 13.8. The number of methoxy groups -OCH3 is 1. The fourth-order valence-electron chi connectivity index (χ4n) is 7.27. The van der Waals surface area contributed by atoms with Crippen LogP contribution in [0.15, 0.2) is 40.9 Å². The Balaban J connectivity index is 1.32. The number of Topliss-reactive ketones (excluding diaryl/α,β-unsaturated/α-hetero) is 1. The SMILES string of the molecule is CCCCCCCCCCCCC(C)(C)C(O)OC[N+]1(CCCOc2ccc(C(C)=O)cc2OC)CCC(c2noc3cc(F)ccc23)CC1. The van der Waals surface area contributed by atoms with E-state index in [1.54, 1.807) is 31.4 Å². The second kappa shape index (κ2) is 19.6. The van der Waals surface area contributed by atoms with Gasteiger partial charge in [0.1, 0.15) is 5.82 Å². The summed E-state index contributed by atoms with van der Waals surface area (Å²) in [6.45, 7) is 11.4. The number of piperidine rings is 1. The summed E-state index contributed by atoms with van der Waals surface area (Å²) in [5.41, 5.74) is 1.61. The van der Waals surface area contributed by atoms with Crippen molar-refractivity contribution < 1.29 is 37.5 Å². The first-order valence-corrected chi connectivity index (χ1v) is 19.1. The molecule has 0 amide bonds.